The van der Waals surface area contributed by atoms with Crippen molar-refractivity contribution in [2.45, 2.75) is 12.5 Å². The fourth-order valence-corrected chi connectivity index (χ4v) is 2.14. The second kappa shape index (κ2) is 6.37. The van der Waals surface area contributed by atoms with Gasteiger partial charge in [0.05, 0.1) is 0 Å². The van der Waals surface area contributed by atoms with E-state index in [1.807, 2.05) is 55.4 Å². The molecule has 5 nitrogen and oxygen atoms in total. The molecule has 0 saturated heterocycles. The summed E-state index contributed by atoms with van der Waals surface area (Å²) in [5.74, 6) is -0.0892. The molecule has 0 aliphatic rings. The molecule has 0 bridgehead atoms. The zero-order valence-corrected chi connectivity index (χ0v) is 12.2. The van der Waals surface area contributed by atoms with E-state index in [1.54, 1.807) is 6.20 Å². The molecule has 3 N–H and O–H groups in total. The molecule has 2 rings (SSSR count). The van der Waals surface area contributed by atoms with Gasteiger partial charge in [0.1, 0.15) is 11.9 Å². The Labute approximate surface area is 124 Å². The molecule has 0 aliphatic carbocycles. The average Bonchev–Trinajstić information content (AvgIpc) is 2.48. The molecule has 1 atom stereocenters. The summed E-state index contributed by atoms with van der Waals surface area (Å²) in [5, 5.41) is 8.83. The maximum Gasteiger partial charge on any atom is 0.320 e. The normalized spacial score (nSPS) is 12.0. The first-order valence-corrected chi connectivity index (χ1v) is 6.69. The molecule has 21 heavy (non-hydrogen) atoms. The predicted molar refractivity (Wildman–Crippen MR) is 83.3 cm³/mol. The maximum atomic E-state index is 10.8. The quantitative estimate of drug-likeness (QED) is 0.875. The molecule has 1 heterocycles. The van der Waals surface area contributed by atoms with E-state index in [0.29, 0.717) is 6.42 Å². The molecule has 0 saturated carbocycles. The number of anilines is 1. The molecule has 110 valence electrons. The van der Waals surface area contributed by atoms with E-state index in [-0.39, 0.29) is 0 Å². The molecule has 0 unspecified atom stereocenters. The number of hydrogen-bond acceptors (Lipinski definition) is 4. The largest absolute Gasteiger partial charge is 0.480 e. The molecule has 0 radical (unpaired) electrons. The Morgan fingerprint density at radius 3 is 2.52 bits per heavy atom. The first kappa shape index (κ1) is 15.0. The molecule has 5 heteroatoms. The van der Waals surface area contributed by atoms with Crippen LogP contribution in [0.25, 0.3) is 11.1 Å². The molecule has 0 aliphatic heterocycles. The lowest BCUT2D eigenvalue weighted by Gasteiger charge is -2.16. The molecule has 1 aromatic carbocycles. The van der Waals surface area contributed by atoms with Crippen molar-refractivity contribution in [1.82, 2.24) is 4.98 Å². The van der Waals surface area contributed by atoms with Crippen molar-refractivity contribution >= 4 is 11.8 Å². The van der Waals surface area contributed by atoms with E-state index < -0.39 is 12.0 Å². The third-order valence-electron chi connectivity index (χ3n) is 3.25. The summed E-state index contributed by atoms with van der Waals surface area (Å²) in [7, 11) is 3.90. The van der Waals surface area contributed by atoms with Crippen LogP contribution in [0.4, 0.5) is 5.82 Å². The number of benzene rings is 1. The van der Waals surface area contributed by atoms with Gasteiger partial charge in [-0.15, -0.1) is 0 Å². The van der Waals surface area contributed by atoms with Gasteiger partial charge in [-0.25, -0.2) is 4.98 Å². The molecule has 0 spiro atoms. The number of carbonyl (C=O) groups is 1. The van der Waals surface area contributed by atoms with E-state index in [4.69, 9.17) is 10.8 Å². The van der Waals surface area contributed by atoms with Gasteiger partial charge in [-0.2, -0.15) is 0 Å². The highest BCUT2D eigenvalue weighted by atomic mass is 16.4. The summed E-state index contributed by atoms with van der Waals surface area (Å²) in [6.07, 6.45) is 2.09. The highest BCUT2D eigenvalue weighted by molar-refractivity contribution is 5.76. The Balaban J connectivity index is 2.25. The zero-order valence-electron chi connectivity index (χ0n) is 12.2. The van der Waals surface area contributed by atoms with Gasteiger partial charge in [0.15, 0.2) is 0 Å². The van der Waals surface area contributed by atoms with Crippen LogP contribution in [0.2, 0.25) is 0 Å². The molecular formula is C16H19N3O2. The highest BCUT2D eigenvalue weighted by Gasteiger charge is 2.12. The third-order valence-corrected chi connectivity index (χ3v) is 3.25. The summed E-state index contributed by atoms with van der Waals surface area (Å²) in [5.41, 5.74) is 8.53. The van der Waals surface area contributed by atoms with E-state index in [9.17, 15) is 4.79 Å². The van der Waals surface area contributed by atoms with E-state index >= 15 is 0 Å². The van der Waals surface area contributed by atoms with Crippen LogP contribution in [-0.4, -0.2) is 36.2 Å². The monoisotopic (exact) mass is 285 g/mol. The lowest BCUT2D eigenvalue weighted by molar-refractivity contribution is -0.138. The van der Waals surface area contributed by atoms with Crippen LogP contribution in [0, 0.1) is 0 Å². The number of carboxylic acids is 1. The fraction of sp³-hybridized carbons (Fsp3) is 0.250. The standard InChI is InChI=1S/C16H19N3O2/c1-19(2)15-13(4-3-9-18-15)12-7-5-11(6-8-12)10-14(17)16(20)21/h3-9,14H,10,17H2,1-2H3,(H,20,21)/t14-/m0/s1. The Kier molecular flexibility index (Phi) is 4.55. The van der Waals surface area contributed by atoms with Crippen molar-refractivity contribution in [2.75, 3.05) is 19.0 Å². The third kappa shape index (κ3) is 3.58. The van der Waals surface area contributed by atoms with Crippen molar-refractivity contribution in [2.24, 2.45) is 5.73 Å². The number of rotatable bonds is 5. The number of aromatic nitrogens is 1. The van der Waals surface area contributed by atoms with E-state index in [0.717, 1.165) is 22.5 Å². The summed E-state index contributed by atoms with van der Waals surface area (Å²) in [6.45, 7) is 0. The molecule has 0 fully saturated rings. The van der Waals surface area contributed by atoms with Crippen LogP contribution < -0.4 is 10.6 Å². The van der Waals surface area contributed by atoms with Crippen molar-refractivity contribution in [3.63, 3.8) is 0 Å². The maximum absolute atomic E-state index is 10.8. The summed E-state index contributed by atoms with van der Waals surface area (Å²) >= 11 is 0. The van der Waals surface area contributed by atoms with Gasteiger partial charge in [-0.05, 0) is 29.7 Å². The van der Waals surface area contributed by atoms with Crippen LogP contribution in [-0.2, 0) is 11.2 Å². The van der Waals surface area contributed by atoms with Gasteiger partial charge < -0.3 is 15.7 Å². The second-order valence-corrected chi connectivity index (χ2v) is 5.11. The van der Waals surface area contributed by atoms with E-state index in [2.05, 4.69) is 4.98 Å². The predicted octanol–water partition coefficient (Wildman–Crippen LogP) is 1.77. The zero-order chi connectivity index (χ0) is 15.4. The Bertz CT molecular complexity index is 624. The molecule has 2 aromatic rings. The number of aliphatic carboxylic acids is 1. The minimum atomic E-state index is -0.985. The number of carboxylic acid groups (broad SMARTS) is 1. The Morgan fingerprint density at radius 2 is 1.95 bits per heavy atom. The molecule has 1 aromatic heterocycles. The first-order valence-electron chi connectivity index (χ1n) is 6.69. The average molecular weight is 285 g/mol. The topological polar surface area (TPSA) is 79.5 Å². The number of nitrogens with two attached hydrogens (primary N) is 1. The van der Waals surface area contributed by atoms with Gasteiger partial charge in [0.2, 0.25) is 0 Å². The smallest absolute Gasteiger partial charge is 0.320 e. The molecule has 0 amide bonds. The molecular weight excluding hydrogens is 266 g/mol. The van der Waals surface area contributed by atoms with Gasteiger partial charge >= 0.3 is 5.97 Å². The van der Waals surface area contributed by atoms with Crippen LogP contribution in [0.15, 0.2) is 42.6 Å². The van der Waals surface area contributed by atoms with Crippen molar-refractivity contribution in [3.05, 3.63) is 48.2 Å². The van der Waals surface area contributed by atoms with Gasteiger partial charge in [0, 0.05) is 25.9 Å². The van der Waals surface area contributed by atoms with Crippen LogP contribution >= 0.6 is 0 Å². The highest BCUT2D eigenvalue weighted by Crippen LogP contribution is 2.27. The summed E-state index contributed by atoms with van der Waals surface area (Å²) in [4.78, 5) is 17.1. The Hall–Kier alpha value is -2.40. The number of hydrogen-bond donors (Lipinski definition) is 2. The summed E-state index contributed by atoms with van der Waals surface area (Å²) < 4.78 is 0. The van der Waals surface area contributed by atoms with Crippen molar-refractivity contribution in [1.29, 1.82) is 0 Å². The van der Waals surface area contributed by atoms with Crippen LogP contribution in [0.3, 0.4) is 0 Å². The van der Waals surface area contributed by atoms with E-state index in [1.165, 1.54) is 0 Å². The van der Waals surface area contributed by atoms with Gasteiger partial charge in [-0.1, -0.05) is 24.3 Å². The number of nitrogens with zero attached hydrogens (tertiary/aromatic N) is 2. The first-order chi connectivity index (χ1) is 9.99. The lowest BCUT2D eigenvalue weighted by atomic mass is 10.0. The number of pyridine rings is 1. The van der Waals surface area contributed by atoms with Gasteiger partial charge in [-0.3, -0.25) is 4.79 Å². The Morgan fingerprint density at radius 1 is 1.29 bits per heavy atom. The minimum absolute atomic E-state index is 0.323. The van der Waals surface area contributed by atoms with Gasteiger partial charge in [0.25, 0.3) is 0 Å². The fourth-order valence-electron chi connectivity index (χ4n) is 2.14. The van der Waals surface area contributed by atoms with Crippen LogP contribution in [0.5, 0.6) is 0 Å². The minimum Gasteiger partial charge on any atom is -0.480 e. The van der Waals surface area contributed by atoms with Crippen molar-refractivity contribution in [3.8, 4) is 11.1 Å². The van der Waals surface area contributed by atoms with Crippen molar-refractivity contribution < 1.29 is 9.90 Å². The lowest BCUT2D eigenvalue weighted by Crippen LogP contribution is -2.32. The van der Waals surface area contributed by atoms with Crippen LogP contribution in [0.1, 0.15) is 5.56 Å². The second-order valence-electron chi connectivity index (χ2n) is 5.11. The SMILES string of the molecule is CN(C)c1ncccc1-c1ccc(C[C@H](N)C(=O)O)cc1. The summed E-state index contributed by atoms with van der Waals surface area (Å²) in [6, 6.07) is 10.8.